The highest BCUT2D eigenvalue weighted by Crippen LogP contribution is 2.16. The van der Waals surface area contributed by atoms with Crippen LogP contribution in [0.2, 0.25) is 0 Å². The molecule has 0 aliphatic heterocycles. The van der Waals surface area contributed by atoms with Crippen LogP contribution in [0.1, 0.15) is 44.9 Å². The van der Waals surface area contributed by atoms with E-state index in [0.717, 1.165) is 31.6 Å². The predicted molar refractivity (Wildman–Crippen MR) is 65.2 cm³/mol. The van der Waals surface area contributed by atoms with Gasteiger partial charge in [0.2, 0.25) is 0 Å². The summed E-state index contributed by atoms with van der Waals surface area (Å²) in [4.78, 5) is 0. The summed E-state index contributed by atoms with van der Waals surface area (Å²) in [7, 11) is 0. The number of aliphatic hydroxyl groups is 1. The van der Waals surface area contributed by atoms with Gasteiger partial charge in [-0.1, -0.05) is 13.8 Å². The van der Waals surface area contributed by atoms with E-state index in [1.807, 2.05) is 12.1 Å². The molecule has 0 amide bonds. The Bertz CT molecular complexity index is 259. The smallest absolute Gasteiger partial charge is 0.120 e. The van der Waals surface area contributed by atoms with Gasteiger partial charge in [-0.2, -0.15) is 0 Å². The highest BCUT2D eigenvalue weighted by Gasteiger charge is 2.10. The Morgan fingerprint density at radius 2 is 2.31 bits per heavy atom. The fraction of sp³-hybridized carbons (Fsp3) is 0.692. The zero-order chi connectivity index (χ0) is 11.8. The number of aliphatic hydroxyl groups excluding tert-OH is 1. The summed E-state index contributed by atoms with van der Waals surface area (Å²) in [5, 5.41) is 12.4. The molecule has 0 saturated heterocycles. The fourth-order valence-corrected chi connectivity index (χ4v) is 1.75. The average Bonchev–Trinajstić information content (AvgIpc) is 2.82. The summed E-state index contributed by atoms with van der Waals surface area (Å²) in [5.74, 6) is 1.42. The van der Waals surface area contributed by atoms with Crippen LogP contribution in [-0.4, -0.2) is 18.3 Å². The molecule has 1 rings (SSSR count). The van der Waals surface area contributed by atoms with E-state index in [2.05, 4.69) is 19.2 Å². The first-order valence-electron chi connectivity index (χ1n) is 6.15. The predicted octanol–water partition coefficient (Wildman–Crippen LogP) is 2.73. The van der Waals surface area contributed by atoms with Crippen LogP contribution < -0.4 is 5.32 Å². The lowest BCUT2D eigenvalue weighted by molar-refractivity contribution is 0.227. The minimum Gasteiger partial charge on any atom is -0.468 e. The Labute approximate surface area is 97.9 Å². The lowest BCUT2D eigenvalue weighted by Crippen LogP contribution is -2.22. The third-order valence-electron chi connectivity index (χ3n) is 2.87. The van der Waals surface area contributed by atoms with E-state index in [1.54, 1.807) is 6.26 Å². The molecule has 92 valence electrons. The van der Waals surface area contributed by atoms with Gasteiger partial charge in [0.15, 0.2) is 0 Å². The monoisotopic (exact) mass is 225 g/mol. The van der Waals surface area contributed by atoms with Crippen LogP contribution in [0.5, 0.6) is 0 Å². The van der Waals surface area contributed by atoms with Crippen molar-refractivity contribution in [3.8, 4) is 0 Å². The van der Waals surface area contributed by atoms with Gasteiger partial charge in [-0.3, -0.25) is 0 Å². The molecular weight excluding hydrogens is 202 g/mol. The Hall–Kier alpha value is -0.800. The minimum absolute atomic E-state index is 0.287. The van der Waals surface area contributed by atoms with E-state index in [-0.39, 0.29) is 6.61 Å². The molecule has 3 heteroatoms. The van der Waals surface area contributed by atoms with Crippen molar-refractivity contribution in [1.82, 2.24) is 5.32 Å². The fourth-order valence-electron chi connectivity index (χ4n) is 1.75. The highest BCUT2D eigenvalue weighted by atomic mass is 16.3. The van der Waals surface area contributed by atoms with Crippen molar-refractivity contribution >= 4 is 0 Å². The van der Waals surface area contributed by atoms with E-state index in [4.69, 9.17) is 9.52 Å². The van der Waals surface area contributed by atoms with E-state index < -0.39 is 0 Å². The summed E-state index contributed by atoms with van der Waals surface area (Å²) in [6.07, 6.45) is 4.91. The Morgan fingerprint density at radius 1 is 1.50 bits per heavy atom. The molecule has 2 N–H and O–H groups in total. The molecule has 1 aromatic rings. The first kappa shape index (κ1) is 13.3. The molecule has 0 fully saturated rings. The Balaban J connectivity index is 2.20. The molecule has 1 heterocycles. The van der Waals surface area contributed by atoms with Crippen molar-refractivity contribution in [2.45, 2.75) is 39.2 Å². The lowest BCUT2D eigenvalue weighted by Gasteiger charge is -2.15. The normalized spacial score (nSPS) is 14.9. The molecule has 0 aromatic carbocycles. The van der Waals surface area contributed by atoms with Crippen LogP contribution in [0.15, 0.2) is 22.8 Å². The first-order chi connectivity index (χ1) is 7.77. The quantitative estimate of drug-likeness (QED) is 0.669. The van der Waals surface area contributed by atoms with Gasteiger partial charge in [0.25, 0.3) is 0 Å². The van der Waals surface area contributed by atoms with Crippen molar-refractivity contribution in [3.63, 3.8) is 0 Å². The third kappa shape index (κ3) is 4.37. The van der Waals surface area contributed by atoms with Crippen LogP contribution in [-0.2, 0) is 0 Å². The van der Waals surface area contributed by atoms with Gasteiger partial charge in [0.1, 0.15) is 5.76 Å². The zero-order valence-electron chi connectivity index (χ0n) is 10.3. The van der Waals surface area contributed by atoms with Crippen LogP contribution in [0, 0.1) is 5.92 Å². The van der Waals surface area contributed by atoms with Crippen LogP contribution >= 0.6 is 0 Å². The van der Waals surface area contributed by atoms with Crippen molar-refractivity contribution < 1.29 is 9.52 Å². The lowest BCUT2D eigenvalue weighted by atomic mass is 10.1. The van der Waals surface area contributed by atoms with Crippen LogP contribution in [0.25, 0.3) is 0 Å². The van der Waals surface area contributed by atoms with Gasteiger partial charge in [0, 0.05) is 6.61 Å². The number of nitrogens with one attached hydrogen (secondary N) is 1. The molecule has 1 aromatic heterocycles. The van der Waals surface area contributed by atoms with Gasteiger partial charge in [0.05, 0.1) is 12.3 Å². The molecule has 0 saturated carbocycles. The zero-order valence-corrected chi connectivity index (χ0v) is 10.3. The Morgan fingerprint density at radius 3 is 2.88 bits per heavy atom. The number of furan rings is 1. The SMILES string of the molecule is CCC(NCCCC(C)CO)c1ccco1. The van der Waals surface area contributed by atoms with Crippen molar-refractivity contribution in [3.05, 3.63) is 24.2 Å². The molecule has 2 unspecified atom stereocenters. The summed E-state index contributed by atoms with van der Waals surface area (Å²) >= 11 is 0. The van der Waals surface area contributed by atoms with Gasteiger partial charge in [-0.25, -0.2) is 0 Å². The maximum absolute atomic E-state index is 8.90. The molecule has 0 bridgehead atoms. The molecule has 3 nitrogen and oxygen atoms in total. The standard InChI is InChI=1S/C13H23NO2/c1-3-12(13-7-5-9-16-13)14-8-4-6-11(2)10-15/h5,7,9,11-12,14-15H,3-4,6,8,10H2,1-2H3. The molecule has 0 aliphatic carbocycles. The largest absolute Gasteiger partial charge is 0.468 e. The molecule has 16 heavy (non-hydrogen) atoms. The summed E-state index contributed by atoms with van der Waals surface area (Å²) in [6, 6.07) is 4.25. The van der Waals surface area contributed by atoms with Crippen molar-refractivity contribution in [2.75, 3.05) is 13.2 Å². The molecular formula is C13H23NO2. The average molecular weight is 225 g/mol. The molecule has 2 atom stereocenters. The van der Waals surface area contributed by atoms with Gasteiger partial charge in [-0.05, 0) is 43.9 Å². The number of rotatable bonds is 8. The van der Waals surface area contributed by atoms with Crippen molar-refractivity contribution in [2.24, 2.45) is 5.92 Å². The van der Waals surface area contributed by atoms with Gasteiger partial charge in [-0.15, -0.1) is 0 Å². The third-order valence-corrected chi connectivity index (χ3v) is 2.87. The van der Waals surface area contributed by atoms with Crippen LogP contribution in [0.3, 0.4) is 0 Å². The first-order valence-corrected chi connectivity index (χ1v) is 6.15. The van der Waals surface area contributed by atoms with Crippen LogP contribution in [0.4, 0.5) is 0 Å². The van der Waals surface area contributed by atoms with E-state index >= 15 is 0 Å². The highest BCUT2D eigenvalue weighted by molar-refractivity contribution is 5.03. The topological polar surface area (TPSA) is 45.4 Å². The Kier molecular flexibility index (Phi) is 6.19. The van der Waals surface area contributed by atoms with Crippen molar-refractivity contribution in [1.29, 1.82) is 0 Å². The maximum Gasteiger partial charge on any atom is 0.120 e. The molecule has 0 radical (unpaired) electrons. The molecule has 0 aliphatic rings. The second kappa shape index (κ2) is 7.47. The summed E-state index contributed by atoms with van der Waals surface area (Å²) < 4.78 is 5.38. The minimum atomic E-state index is 0.287. The number of hydrogen-bond acceptors (Lipinski definition) is 3. The summed E-state index contributed by atoms with van der Waals surface area (Å²) in [5.41, 5.74) is 0. The summed E-state index contributed by atoms with van der Waals surface area (Å²) in [6.45, 7) is 5.49. The second-order valence-electron chi connectivity index (χ2n) is 4.36. The van der Waals surface area contributed by atoms with E-state index in [9.17, 15) is 0 Å². The van der Waals surface area contributed by atoms with E-state index in [0.29, 0.717) is 12.0 Å². The van der Waals surface area contributed by atoms with E-state index in [1.165, 1.54) is 0 Å². The van der Waals surface area contributed by atoms with Gasteiger partial charge < -0.3 is 14.8 Å². The molecule has 0 spiro atoms. The maximum atomic E-state index is 8.90. The second-order valence-corrected chi connectivity index (χ2v) is 4.36. The number of hydrogen-bond donors (Lipinski definition) is 2. The van der Waals surface area contributed by atoms with Gasteiger partial charge >= 0.3 is 0 Å².